The number of nitrogens with one attached hydrogen (secondary N) is 5. The van der Waals surface area contributed by atoms with Gasteiger partial charge in [0.1, 0.15) is 18.0 Å². The number of aromatic amines is 1. The Balaban J connectivity index is 0.00000812. The van der Waals surface area contributed by atoms with Gasteiger partial charge in [0.05, 0.1) is 30.4 Å². The molecule has 7 atom stereocenters. The Morgan fingerprint density at radius 3 is 2.40 bits per heavy atom. The van der Waals surface area contributed by atoms with E-state index >= 15 is 0 Å². The maximum atomic E-state index is 12.5. The predicted molar refractivity (Wildman–Crippen MR) is 203 cm³/mol. The topological polar surface area (TPSA) is 336 Å². The minimum atomic E-state index is -4.92. The number of nitrogens with zero attached hydrogens (tertiary/aromatic N) is 1. The molecule has 1 aromatic rings. The number of hydrogen-bond donors (Lipinski definition) is 9. The molecular formula is C30H51N6O15P3S. The van der Waals surface area contributed by atoms with Gasteiger partial charge >= 0.3 is 26.9 Å². The molecule has 4 amide bonds. The lowest BCUT2D eigenvalue weighted by Crippen LogP contribution is -2.36. The molecule has 0 aliphatic carbocycles. The first-order chi connectivity index (χ1) is 25.4. The summed E-state index contributed by atoms with van der Waals surface area (Å²) in [6.07, 6.45) is 8.57. The van der Waals surface area contributed by atoms with Crippen molar-refractivity contribution in [2.24, 2.45) is 0 Å². The lowest BCUT2D eigenvalue weighted by molar-refractivity contribution is -0.122. The Bertz CT molecular complexity index is 1790. The molecule has 2 unspecified atom stereocenters. The molecule has 3 aliphatic rings. The second-order valence-electron chi connectivity index (χ2n) is 13.5. The van der Waals surface area contributed by atoms with Gasteiger partial charge in [-0.2, -0.15) is 11.8 Å². The number of thioether (sulfide) groups is 1. The van der Waals surface area contributed by atoms with E-state index in [-0.39, 0.29) is 66.8 Å². The summed E-state index contributed by atoms with van der Waals surface area (Å²) >= 11 is 1.86. The van der Waals surface area contributed by atoms with E-state index in [9.17, 15) is 47.5 Å². The maximum Gasteiger partial charge on any atom is 0.337 e. The van der Waals surface area contributed by atoms with Gasteiger partial charge in [-0.15, -0.1) is 0 Å². The van der Waals surface area contributed by atoms with Crippen LogP contribution < -0.4 is 32.5 Å². The van der Waals surface area contributed by atoms with Crippen molar-refractivity contribution in [1.82, 2.24) is 30.8 Å². The fourth-order valence-electron chi connectivity index (χ4n) is 6.32. The van der Waals surface area contributed by atoms with Crippen molar-refractivity contribution in [2.75, 3.05) is 37.3 Å². The van der Waals surface area contributed by atoms with Crippen molar-refractivity contribution in [1.29, 1.82) is 0 Å². The molecule has 3 saturated heterocycles. The number of fused-ring (bicyclic) bond motifs is 1. The highest BCUT2D eigenvalue weighted by Crippen LogP contribution is 2.63. The van der Waals surface area contributed by atoms with E-state index in [1.54, 1.807) is 0 Å². The van der Waals surface area contributed by atoms with Gasteiger partial charge < -0.3 is 55.6 Å². The molecule has 55 heavy (non-hydrogen) atoms. The molecule has 21 nitrogen and oxygen atoms in total. The Labute approximate surface area is 320 Å². The summed E-state index contributed by atoms with van der Waals surface area (Å²) in [6, 6.07) is 0.268. The molecule has 25 heteroatoms. The van der Waals surface area contributed by atoms with E-state index < -0.39 is 64.6 Å². The number of urea groups is 1. The zero-order valence-corrected chi connectivity index (χ0v) is 33.5. The molecule has 4 heterocycles. The average molecular weight is 861 g/mol. The van der Waals surface area contributed by atoms with Crippen LogP contribution >= 0.6 is 34.3 Å². The van der Waals surface area contributed by atoms with Crippen LogP contribution in [0.15, 0.2) is 21.9 Å². The third kappa shape index (κ3) is 16.0. The first-order valence-corrected chi connectivity index (χ1v) is 24.2. The SMILES string of the molecule is O.O=C(CCCCCNC(=O)CCCC[C@@H]1SC[C@@H]2NC(=O)N[C@@H]21)NC/C=C/c1cn([C@H]2CC[C@@H](COP(=O)(O)CP(=O)(O)CP(=O)(O)O)O2)c(=O)[nH]c1=O. The number of H-pyrrole nitrogens is 1. The van der Waals surface area contributed by atoms with E-state index in [1.165, 1.54) is 18.3 Å². The molecule has 0 spiro atoms. The molecule has 312 valence electrons. The number of aromatic nitrogens is 2. The second-order valence-corrected chi connectivity index (χ2v) is 21.6. The molecule has 0 saturated carbocycles. The predicted octanol–water partition coefficient (Wildman–Crippen LogP) is 0.486. The van der Waals surface area contributed by atoms with Crippen LogP contribution in [0.3, 0.4) is 0 Å². The number of hydrogen-bond acceptors (Lipinski definition) is 11. The number of ether oxygens (including phenoxy) is 1. The summed E-state index contributed by atoms with van der Waals surface area (Å²) in [4.78, 5) is 100. The fraction of sp³-hybridized carbons (Fsp3) is 0.700. The lowest BCUT2D eigenvalue weighted by Gasteiger charge is -2.19. The van der Waals surface area contributed by atoms with Gasteiger partial charge in [-0.25, -0.2) is 9.59 Å². The molecule has 4 rings (SSSR count). The van der Waals surface area contributed by atoms with Crippen molar-refractivity contribution >= 4 is 58.2 Å². The zero-order chi connectivity index (χ0) is 39.5. The Hall–Kier alpha value is -2.61. The normalized spacial score (nSPS) is 24.3. The van der Waals surface area contributed by atoms with Crippen molar-refractivity contribution in [3.63, 3.8) is 0 Å². The van der Waals surface area contributed by atoms with Gasteiger partial charge in [0.25, 0.3) is 5.56 Å². The number of rotatable bonds is 22. The molecule has 0 radical (unpaired) electrons. The van der Waals surface area contributed by atoms with Crippen molar-refractivity contribution < 1.29 is 62.4 Å². The Kier molecular flexibility index (Phi) is 18.1. The quantitative estimate of drug-likeness (QED) is 0.0435. The van der Waals surface area contributed by atoms with Gasteiger partial charge in [0.2, 0.25) is 19.2 Å². The van der Waals surface area contributed by atoms with Crippen molar-refractivity contribution in [3.8, 4) is 0 Å². The maximum absolute atomic E-state index is 12.5. The number of amides is 4. The zero-order valence-electron chi connectivity index (χ0n) is 30.0. The van der Waals surface area contributed by atoms with Gasteiger partial charge in [0.15, 0.2) is 0 Å². The number of carbonyl (C=O) groups excluding carboxylic acids is 3. The van der Waals surface area contributed by atoms with E-state index in [1.807, 2.05) is 11.8 Å². The highest BCUT2D eigenvalue weighted by Gasteiger charge is 2.42. The third-order valence-corrected chi connectivity index (χ3v) is 17.4. The molecule has 0 bridgehead atoms. The van der Waals surface area contributed by atoms with Crippen LogP contribution in [0.1, 0.15) is 76.0 Å². The lowest BCUT2D eigenvalue weighted by atomic mass is 10.0. The van der Waals surface area contributed by atoms with Crippen LogP contribution in [-0.4, -0.2) is 113 Å². The second kappa shape index (κ2) is 21.2. The van der Waals surface area contributed by atoms with Crippen molar-refractivity contribution in [2.45, 2.75) is 93.9 Å². The van der Waals surface area contributed by atoms with Crippen LogP contribution in [0, 0.1) is 0 Å². The minimum absolute atomic E-state index is 0. The Morgan fingerprint density at radius 2 is 1.67 bits per heavy atom. The van der Waals surface area contributed by atoms with Gasteiger partial charge in [-0.1, -0.05) is 25.0 Å². The standard InChI is InChI=1S/C30H49N6O14P3S.H2O/c37-24(9-2-1-5-13-31-25(38)10-4-3-8-23-27-22(17-54-23)33-29(40)34-27)32-14-6-7-20-15-36(30(41)35-28(20)39)26-12-11-21(50-26)16-49-53(47,48)19-51(42,43)18-52(44,45)46;/h6-7,15,21-23,26-27H,1-5,8-14,16-19H2,(H,31,38)(H,32,37)(H,42,43)(H,47,48)(H2,33,34,40)(H,35,39,41)(H2,44,45,46);1H2/b7-6+;/t21-,22-,23-,26+,27-;/m0./s1. The average Bonchev–Trinajstić information content (AvgIpc) is 3.78. The summed E-state index contributed by atoms with van der Waals surface area (Å²) in [7, 11) is -14.3. The van der Waals surface area contributed by atoms with Crippen LogP contribution in [0.4, 0.5) is 4.79 Å². The summed E-state index contributed by atoms with van der Waals surface area (Å²) in [6.45, 7) is 0.143. The molecule has 3 fully saturated rings. The smallest absolute Gasteiger partial charge is 0.337 e. The molecule has 11 N–H and O–H groups in total. The monoisotopic (exact) mass is 860 g/mol. The summed E-state index contributed by atoms with van der Waals surface area (Å²) < 4.78 is 47.0. The van der Waals surface area contributed by atoms with E-state index in [0.29, 0.717) is 24.6 Å². The first kappa shape index (κ1) is 46.8. The van der Waals surface area contributed by atoms with Gasteiger partial charge in [-0.05, 0) is 38.5 Å². The summed E-state index contributed by atoms with van der Waals surface area (Å²) in [5.74, 6) is -2.10. The number of carbonyl (C=O) groups is 3. The highest BCUT2D eigenvalue weighted by molar-refractivity contribution is 8.00. The van der Waals surface area contributed by atoms with Crippen molar-refractivity contribution in [3.05, 3.63) is 38.7 Å². The minimum Gasteiger partial charge on any atom is -0.412 e. The van der Waals surface area contributed by atoms with E-state index in [2.05, 4.69) is 26.3 Å². The molecule has 3 aliphatic heterocycles. The van der Waals surface area contributed by atoms with E-state index in [4.69, 9.17) is 19.0 Å². The van der Waals surface area contributed by atoms with Crippen LogP contribution in [0.2, 0.25) is 0 Å². The Morgan fingerprint density at radius 1 is 0.964 bits per heavy atom. The summed E-state index contributed by atoms with van der Waals surface area (Å²) in [5.41, 5.74) is -1.34. The number of unbranched alkanes of at least 4 members (excludes halogenated alkanes) is 3. The molecule has 1 aromatic heterocycles. The van der Waals surface area contributed by atoms with Crippen LogP contribution in [0.5, 0.6) is 0 Å². The molecule has 0 aromatic carbocycles. The van der Waals surface area contributed by atoms with Crippen LogP contribution in [-0.2, 0) is 32.5 Å². The fourth-order valence-corrected chi connectivity index (χ4v) is 14.3. The third-order valence-electron chi connectivity index (χ3n) is 8.86. The largest absolute Gasteiger partial charge is 0.412 e. The van der Waals surface area contributed by atoms with Crippen LogP contribution in [0.25, 0.3) is 6.08 Å². The highest BCUT2D eigenvalue weighted by atomic mass is 32.2. The van der Waals surface area contributed by atoms with E-state index in [0.717, 1.165) is 42.4 Å². The summed E-state index contributed by atoms with van der Waals surface area (Å²) in [5, 5.41) is 11.9. The van der Waals surface area contributed by atoms with Gasteiger partial charge in [-0.3, -0.25) is 37.6 Å². The molecular weight excluding hydrogens is 809 g/mol. The first-order valence-electron chi connectivity index (χ1n) is 17.6. The van der Waals surface area contributed by atoms with Gasteiger partial charge in [0, 0.05) is 43.1 Å².